The lowest BCUT2D eigenvalue weighted by molar-refractivity contribution is 0.597. The summed E-state index contributed by atoms with van der Waals surface area (Å²) in [6.07, 6.45) is 0. The van der Waals surface area contributed by atoms with Gasteiger partial charge in [0, 0.05) is 10.8 Å². The largest absolute Gasteiger partial charge is 0.224 e. The molecule has 0 fully saturated rings. The summed E-state index contributed by atoms with van der Waals surface area (Å²) in [6, 6.07) is 15.6. The zero-order valence-corrected chi connectivity index (χ0v) is 14.8. The molecule has 1 aromatic heterocycles. The second-order valence-corrected chi connectivity index (χ2v) is 8.44. The van der Waals surface area contributed by atoms with Crippen LogP contribution in [0.4, 0.5) is 0 Å². The van der Waals surface area contributed by atoms with Crippen molar-refractivity contribution in [3.63, 3.8) is 0 Å². The van der Waals surface area contributed by atoms with Crippen LogP contribution in [0.15, 0.2) is 64.6 Å². The molecular weight excluding hydrogens is 368 g/mol. The third-order valence-electron chi connectivity index (χ3n) is 3.20. The number of rotatable bonds is 6. The second kappa shape index (κ2) is 7.33. The summed E-state index contributed by atoms with van der Waals surface area (Å²) in [6.45, 7) is 0. The van der Waals surface area contributed by atoms with Crippen molar-refractivity contribution in [1.29, 1.82) is 0 Å². The predicted octanol–water partition coefficient (Wildman–Crippen LogP) is 2.88. The SMILES string of the molecule is O=S(=O)(CCSc1nnnn1-c1ccccc1)c1ccc(Cl)cc1. The number of sulfone groups is 1. The van der Waals surface area contributed by atoms with Gasteiger partial charge in [0.1, 0.15) is 0 Å². The van der Waals surface area contributed by atoms with E-state index in [1.165, 1.54) is 23.9 Å². The number of thioether (sulfide) groups is 1. The first-order chi connectivity index (χ1) is 11.6. The summed E-state index contributed by atoms with van der Waals surface area (Å²) in [5.74, 6) is 0.332. The molecule has 0 bridgehead atoms. The van der Waals surface area contributed by atoms with Gasteiger partial charge in [-0.15, -0.1) is 5.10 Å². The molecule has 0 saturated carbocycles. The lowest BCUT2D eigenvalue weighted by Gasteiger charge is -2.05. The van der Waals surface area contributed by atoms with Crippen LogP contribution in [-0.2, 0) is 9.84 Å². The highest BCUT2D eigenvalue weighted by Crippen LogP contribution is 2.20. The van der Waals surface area contributed by atoms with Crippen LogP contribution in [0.5, 0.6) is 0 Å². The molecule has 6 nitrogen and oxygen atoms in total. The van der Waals surface area contributed by atoms with Gasteiger partial charge in [-0.1, -0.05) is 41.6 Å². The molecule has 3 aromatic rings. The van der Waals surface area contributed by atoms with Crippen LogP contribution in [0.25, 0.3) is 5.69 Å². The zero-order valence-electron chi connectivity index (χ0n) is 12.4. The first kappa shape index (κ1) is 16.9. The molecule has 24 heavy (non-hydrogen) atoms. The van der Waals surface area contributed by atoms with Gasteiger partial charge in [-0.05, 0) is 46.8 Å². The summed E-state index contributed by atoms with van der Waals surface area (Å²) in [4.78, 5) is 0.259. The molecule has 0 N–H and O–H groups in total. The Morgan fingerprint density at radius 1 is 1.04 bits per heavy atom. The molecule has 3 rings (SSSR count). The van der Waals surface area contributed by atoms with E-state index in [0.717, 1.165) is 5.69 Å². The zero-order chi connectivity index (χ0) is 17.0. The fraction of sp³-hybridized carbons (Fsp3) is 0.133. The van der Waals surface area contributed by atoms with Gasteiger partial charge in [0.2, 0.25) is 5.16 Å². The van der Waals surface area contributed by atoms with Gasteiger partial charge in [-0.3, -0.25) is 0 Å². The van der Waals surface area contributed by atoms with Crippen molar-refractivity contribution in [2.45, 2.75) is 10.1 Å². The smallest absolute Gasteiger partial charge is 0.214 e. The Bertz CT molecular complexity index is 912. The molecule has 1 heterocycles. The van der Waals surface area contributed by atoms with Gasteiger partial charge >= 0.3 is 0 Å². The minimum atomic E-state index is -3.37. The third kappa shape index (κ3) is 3.95. The molecule has 2 aromatic carbocycles. The summed E-state index contributed by atoms with van der Waals surface area (Å²) < 4.78 is 26.2. The average molecular weight is 381 g/mol. The Balaban J connectivity index is 1.67. The van der Waals surface area contributed by atoms with Gasteiger partial charge in [0.25, 0.3) is 0 Å². The van der Waals surface area contributed by atoms with E-state index < -0.39 is 9.84 Å². The van der Waals surface area contributed by atoms with Gasteiger partial charge in [0.15, 0.2) is 9.84 Å². The van der Waals surface area contributed by atoms with E-state index in [2.05, 4.69) is 15.5 Å². The lowest BCUT2D eigenvalue weighted by atomic mass is 10.3. The number of hydrogen-bond acceptors (Lipinski definition) is 6. The van der Waals surface area contributed by atoms with Gasteiger partial charge in [0.05, 0.1) is 16.3 Å². The summed E-state index contributed by atoms with van der Waals surface area (Å²) in [5.41, 5.74) is 0.825. The average Bonchev–Trinajstić information content (AvgIpc) is 3.04. The lowest BCUT2D eigenvalue weighted by Crippen LogP contribution is -2.09. The van der Waals surface area contributed by atoms with Gasteiger partial charge < -0.3 is 0 Å². The molecule has 0 saturated heterocycles. The summed E-state index contributed by atoms with van der Waals surface area (Å²) in [5, 5.41) is 12.6. The standard InChI is InChI=1S/C15H13ClN4O2S2/c16-12-6-8-14(9-7-12)24(21,22)11-10-23-15-17-18-19-20(15)13-4-2-1-3-5-13/h1-9H,10-11H2. The van der Waals surface area contributed by atoms with Crippen molar-refractivity contribution in [3.8, 4) is 5.69 Å². The van der Waals surface area contributed by atoms with E-state index in [0.29, 0.717) is 15.9 Å². The molecule has 0 aliphatic heterocycles. The summed E-state index contributed by atoms with van der Waals surface area (Å²) >= 11 is 7.08. The van der Waals surface area contributed by atoms with Crippen LogP contribution >= 0.6 is 23.4 Å². The molecule has 0 amide bonds. The monoisotopic (exact) mass is 380 g/mol. The highest BCUT2D eigenvalue weighted by Gasteiger charge is 2.16. The fourth-order valence-corrected chi connectivity index (χ4v) is 4.67. The van der Waals surface area contributed by atoms with E-state index in [9.17, 15) is 8.42 Å². The van der Waals surface area contributed by atoms with Crippen molar-refractivity contribution >= 4 is 33.2 Å². The number of para-hydroxylation sites is 1. The first-order valence-corrected chi connectivity index (χ1v) is 10.0. The summed E-state index contributed by atoms with van der Waals surface area (Å²) in [7, 11) is -3.37. The molecule has 0 aliphatic rings. The van der Waals surface area contributed by atoms with Crippen molar-refractivity contribution < 1.29 is 8.42 Å². The molecule has 0 spiro atoms. The molecule has 0 unspecified atom stereocenters. The molecule has 0 radical (unpaired) electrons. The van der Waals surface area contributed by atoms with Crippen molar-refractivity contribution in [2.75, 3.05) is 11.5 Å². The van der Waals surface area contributed by atoms with E-state index in [1.54, 1.807) is 16.8 Å². The minimum Gasteiger partial charge on any atom is -0.224 e. The van der Waals surface area contributed by atoms with Crippen molar-refractivity contribution in [1.82, 2.24) is 20.2 Å². The number of hydrogen-bond donors (Lipinski definition) is 0. The Kier molecular flexibility index (Phi) is 5.17. The van der Waals surface area contributed by atoms with E-state index in [1.807, 2.05) is 30.3 Å². The second-order valence-electron chi connectivity index (χ2n) is 4.83. The Morgan fingerprint density at radius 2 is 1.75 bits per heavy atom. The molecule has 0 aliphatic carbocycles. The maximum Gasteiger partial charge on any atom is 0.214 e. The number of aromatic nitrogens is 4. The van der Waals surface area contributed by atoms with E-state index >= 15 is 0 Å². The van der Waals surface area contributed by atoms with E-state index in [4.69, 9.17) is 11.6 Å². The maximum absolute atomic E-state index is 12.3. The van der Waals surface area contributed by atoms with Crippen LogP contribution in [0, 0.1) is 0 Å². The molecular formula is C15H13ClN4O2S2. The topological polar surface area (TPSA) is 77.7 Å². The van der Waals surface area contributed by atoms with Crippen molar-refractivity contribution in [2.24, 2.45) is 0 Å². The maximum atomic E-state index is 12.3. The van der Waals surface area contributed by atoms with Gasteiger partial charge in [-0.2, -0.15) is 4.68 Å². The van der Waals surface area contributed by atoms with Crippen LogP contribution in [0.1, 0.15) is 0 Å². The van der Waals surface area contributed by atoms with Crippen molar-refractivity contribution in [3.05, 3.63) is 59.6 Å². The quantitative estimate of drug-likeness (QED) is 0.612. The molecule has 0 atom stereocenters. The van der Waals surface area contributed by atoms with E-state index in [-0.39, 0.29) is 10.6 Å². The number of nitrogens with zero attached hydrogens (tertiary/aromatic N) is 4. The Labute approximate surface area is 148 Å². The normalized spacial score (nSPS) is 11.5. The van der Waals surface area contributed by atoms with Crippen LogP contribution < -0.4 is 0 Å². The number of tetrazole rings is 1. The van der Waals surface area contributed by atoms with Crippen LogP contribution in [0.3, 0.4) is 0 Å². The predicted molar refractivity (Wildman–Crippen MR) is 93.4 cm³/mol. The fourth-order valence-electron chi connectivity index (χ4n) is 2.00. The Hall–Kier alpha value is -1.90. The number of benzene rings is 2. The molecule has 124 valence electrons. The Morgan fingerprint density at radius 3 is 2.46 bits per heavy atom. The highest BCUT2D eigenvalue weighted by molar-refractivity contribution is 8.00. The first-order valence-electron chi connectivity index (χ1n) is 7.01. The minimum absolute atomic E-state index is 0.0129. The molecule has 9 heteroatoms. The number of halogens is 1. The van der Waals surface area contributed by atoms with Gasteiger partial charge in [-0.25, -0.2) is 8.42 Å². The third-order valence-corrected chi connectivity index (χ3v) is 6.36. The van der Waals surface area contributed by atoms with Crippen LogP contribution in [0.2, 0.25) is 5.02 Å². The van der Waals surface area contributed by atoms with Crippen LogP contribution in [-0.4, -0.2) is 40.1 Å². The highest BCUT2D eigenvalue weighted by atomic mass is 35.5.